The van der Waals surface area contributed by atoms with Crippen molar-refractivity contribution in [3.8, 4) is 5.75 Å². The summed E-state index contributed by atoms with van der Waals surface area (Å²) < 4.78 is 17.4. The molecule has 1 heterocycles. The minimum absolute atomic E-state index is 0.570. The Balaban J connectivity index is 1.56. The van der Waals surface area contributed by atoms with E-state index in [0.717, 1.165) is 36.5 Å². The molecule has 1 aliphatic heterocycles. The van der Waals surface area contributed by atoms with Crippen LogP contribution in [0.4, 0.5) is 0 Å². The molecular formula is C13H17BrO3. The van der Waals surface area contributed by atoms with E-state index in [4.69, 9.17) is 14.2 Å². The second kappa shape index (κ2) is 6.99. The van der Waals surface area contributed by atoms with Crippen molar-refractivity contribution >= 4 is 15.9 Å². The molecule has 0 aromatic heterocycles. The minimum Gasteiger partial charge on any atom is -0.491 e. The predicted molar refractivity (Wildman–Crippen MR) is 69.4 cm³/mol. The Hall–Kier alpha value is -0.580. The van der Waals surface area contributed by atoms with Crippen molar-refractivity contribution in [3.05, 3.63) is 28.7 Å². The summed E-state index contributed by atoms with van der Waals surface area (Å²) in [7, 11) is 0. The van der Waals surface area contributed by atoms with Gasteiger partial charge in [0.25, 0.3) is 0 Å². The Morgan fingerprint density at radius 3 is 3.06 bits per heavy atom. The van der Waals surface area contributed by atoms with Gasteiger partial charge in [0.05, 0.1) is 19.8 Å². The Kier molecular flexibility index (Phi) is 5.29. The van der Waals surface area contributed by atoms with Crippen LogP contribution in [-0.4, -0.2) is 33.0 Å². The molecule has 1 unspecified atom stereocenters. The van der Waals surface area contributed by atoms with Crippen LogP contribution in [0.25, 0.3) is 0 Å². The SMILES string of the molecule is Brc1cccc(OCCOCC2CCOC2)c1. The van der Waals surface area contributed by atoms with Gasteiger partial charge < -0.3 is 14.2 Å². The van der Waals surface area contributed by atoms with Crippen molar-refractivity contribution < 1.29 is 14.2 Å². The van der Waals surface area contributed by atoms with Crippen LogP contribution < -0.4 is 4.74 Å². The second-order valence-electron chi connectivity index (χ2n) is 4.11. The third-order valence-corrected chi connectivity index (χ3v) is 3.16. The highest BCUT2D eigenvalue weighted by atomic mass is 79.9. The zero-order valence-electron chi connectivity index (χ0n) is 9.73. The lowest BCUT2D eigenvalue weighted by Crippen LogP contribution is -2.13. The molecule has 0 amide bonds. The Bertz CT molecular complexity index is 337. The van der Waals surface area contributed by atoms with Gasteiger partial charge in [-0.25, -0.2) is 0 Å². The van der Waals surface area contributed by atoms with Gasteiger partial charge in [0, 0.05) is 17.0 Å². The van der Waals surface area contributed by atoms with Gasteiger partial charge in [0.2, 0.25) is 0 Å². The van der Waals surface area contributed by atoms with Crippen LogP contribution in [0.3, 0.4) is 0 Å². The van der Waals surface area contributed by atoms with E-state index in [-0.39, 0.29) is 0 Å². The first kappa shape index (κ1) is 12.9. The summed E-state index contributed by atoms with van der Waals surface area (Å²) in [5, 5.41) is 0. The molecule has 0 radical (unpaired) electrons. The van der Waals surface area contributed by atoms with E-state index in [1.54, 1.807) is 0 Å². The average Bonchev–Trinajstić information content (AvgIpc) is 2.82. The lowest BCUT2D eigenvalue weighted by molar-refractivity contribution is 0.0684. The molecule has 1 aromatic rings. The highest BCUT2D eigenvalue weighted by Gasteiger charge is 2.15. The molecule has 3 nitrogen and oxygen atoms in total. The Labute approximate surface area is 110 Å². The predicted octanol–water partition coefficient (Wildman–Crippen LogP) is 2.88. The van der Waals surface area contributed by atoms with E-state index in [1.165, 1.54) is 0 Å². The van der Waals surface area contributed by atoms with Crippen molar-refractivity contribution in [1.29, 1.82) is 0 Å². The maximum absolute atomic E-state index is 5.57. The normalized spacial score (nSPS) is 19.5. The Morgan fingerprint density at radius 1 is 1.35 bits per heavy atom. The second-order valence-corrected chi connectivity index (χ2v) is 5.03. The molecule has 1 aliphatic rings. The molecule has 17 heavy (non-hydrogen) atoms. The molecule has 1 fully saturated rings. The summed E-state index contributed by atoms with van der Waals surface area (Å²) >= 11 is 3.40. The van der Waals surface area contributed by atoms with Crippen LogP contribution in [0.2, 0.25) is 0 Å². The van der Waals surface area contributed by atoms with E-state index in [2.05, 4.69) is 15.9 Å². The largest absolute Gasteiger partial charge is 0.491 e. The fraction of sp³-hybridized carbons (Fsp3) is 0.538. The highest BCUT2D eigenvalue weighted by Crippen LogP contribution is 2.17. The lowest BCUT2D eigenvalue weighted by atomic mass is 10.1. The van der Waals surface area contributed by atoms with Gasteiger partial charge >= 0.3 is 0 Å². The first-order valence-electron chi connectivity index (χ1n) is 5.88. The fourth-order valence-electron chi connectivity index (χ4n) is 1.74. The molecule has 0 spiro atoms. The lowest BCUT2D eigenvalue weighted by Gasteiger charge is -2.10. The fourth-order valence-corrected chi connectivity index (χ4v) is 2.12. The van der Waals surface area contributed by atoms with Crippen molar-refractivity contribution in [2.45, 2.75) is 6.42 Å². The van der Waals surface area contributed by atoms with Crippen LogP contribution in [0.1, 0.15) is 6.42 Å². The monoisotopic (exact) mass is 300 g/mol. The van der Waals surface area contributed by atoms with Crippen molar-refractivity contribution in [1.82, 2.24) is 0 Å². The number of benzene rings is 1. The third-order valence-electron chi connectivity index (χ3n) is 2.67. The standard InChI is InChI=1S/C13H17BrO3/c14-12-2-1-3-13(8-12)17-7-6-16-10-11-4-5-15-9-11/h1-3,8,11H,4-7,9-10H2. The Morgan fingerprint density at radius 2 is 2.29 bits per heavy atom. The summed E-state index contributed by atoms with van der Waals surface area (Å²) in [6.07, 6.45) is 1.12. The zero-order valence-corrected chi connectivity index (χ0v) is 11.3. The zero-order chi connectivity index (χ0) is 11.9. The molecule has 4 heteroatoms. The maximum atomic E-state index is 5.57. The average molecular weight is 301 g/mol. The van der Waals surface area contributed by atoms with Crippen LogP contribution >= 0.6 is 15.9 Å². The van der Waals surface area contributed by atoms with Crippen molar-refractivity contribution in [3.63, 3.8) is 0 Å². The van der Waals surface area contributed by atoms with Crippen LogP contribution in [0, 0.1) is 5.92 Å². The van der Waals surface area contributed by atoms with E-state index >= 15 is 0 Å². The van der Waals surface area contributed by atoms with Crippen molar-refractivity contribution in [2.75, 3.05) is 33.0 Å². The molecule has 0 saturated carbocycles. The third kappa shape index (κ3) is 4.66. The minimum atomic E-state index is 0.570. The summed E-state index contributed by atoms with van der Waals surface area (Å²) in [6, 6.07) is 7.82. The molecule has 0 N–H and O–H groups in total. The molecule has 1 atom stereocenters. The van der Waals surface area contributed by atoms with Crippen LogP contribution in [-0.2, 0) is 9.47 Å². The van der Waals surface area contributed by atoms with Gasteiger partial charge in [0.15, 0.2) is 0 Å². The van der Waals surface area contributed by atoms with E-state index in [9.17, 15) is 0 Å². The summed E-state index contributed by atoms with van der Waals surface area (Å²) in [5.74, 6) is 1.44. The number of hydrogen-bond acceptors (Lipinski definition) is 3. The van der Waals surface area contributed by atoms with Crippen molar-refractivity contribution in [2.24, 2.45) is 5.92 Å². The molecule has 2 rings (SSSR count). The highest BCUT2D eigenvalue weighted by molar-refractivity contribution is 9.10. The van der Waals surface area contributed by atoms with E-state index in [0.29, 0.717) is 19.1 Å². The molecular weight excluding hydrogens is 284 g/mol. The first-order valence-corrected chi connectivity index (χ1v) is 6.68. The van der Waals surface area contributed by atoms with Crippen LogP contribution in [0.5, 0.6) is 5.75 Å². The quantitative estimate of drug-likeness (QED) is 0.756. The topological polar surface area (TPSA) is 27.7 Å². The van der Waals surface area contributed by atoms with Crippen LogP contribution in [0.15, 0.2) is 28.7 Å². The summed E-state index contributed by atoms with van der Waals surface area (Å²) in [4.78, 5) is 0. The van der Waals surface area contributed by atoms with Gasteiger partial charge in [-0.05, 0) is 24.6 Å². The molecule has 1 aromatic carbocycles. The van der Waals surface area contributed by atoms with Gasteiger partial charge in [0.1, 0.15) is 12.4 Å². The molecule has 94 valence electrons. The van der Waals surface area contributed by atoms with Gasteiger partial charge in [-0.1, -0.05) is 22.0 Å². The van der Waals surface area contributed by atoms with E-state index < -0.39 is 0 Å². The van der Waals surface area contributed by atoms with Gasteiger partial charge in [-0.15, -0.1) is 0 Å². The number of ether oxygens (including phenoxy) is 3. The first-order chi connectivity index (χ1) is 8.34. The smallest absolute Gasteiger partial charge is 0.120 e. The number of halogens is 1. The summed E-state index contributed by atoms with van der Waals surface area (Å²) in [5.41, 5.74) is 0. The van der Waals surface area contributed by atoms with Gasteiger partial charge in [-0.3, -0.25) is 0 Å². The summed E-state index contributed by atoms with van der Waals surface area (Å²) in [6.45, 7) is 3.71. The molecule has 0 bridgehead atoms. The maximum Gasteiger partial charge on any atom is 0.120 e. The van der Waals surface area contributed by atoms with E-state index in [1.807, 2.05) is 24.3 Å². The molecule has 1 saturated heterocycles. The number of hydrogen-bond donors (Lipinski definition) is 0. The van der Waals surface area contributed by atoms with Gasteiger partial charge in [-0.2, -0.15) is 0 Å². The number of rotatable bonds is 6. The molecule has 0 aliphatic carbocycles.